The Labute approximate surface area is 154 Å². The fraction of sp³-hybridized carbons (Fsp3) is 0.600. The van der Waals surface area contributed by atoms with E-state index < -0.39 is 0 Å². The Morgan fingerprint density at radius 2 is 2.04 bits per heavy atom. The molecule has 2 fully saturated rings. The molecule has 1 atom stereocenters. The fourth-order valence-electron chi connectivity index (χ4n) is 4.01. The van der Waals surface area contributed by atoms with Crippen molar-refractivity contribution in [1.29, 1.82) is 0 Å². The van der Waals surface area contributed by atoms with E-state index >= 15 is 0 Å². The third kappa shape index (κ3) is 3.64. The average molecular weight is 354 g/mol. The van der Waals surface area contributed by atoms with Crippen molar-refractivity contribution in [3.05, 3.63) is 41.8 Å². The van der Waals surface area contributed by atoms with Crippen LogP contribution in [0.4, 0.5) is 0 Å². The number of likely N-dealkylation sites (tertiary alicyclic amines) is 1. The van der Waals surface area contributed by atoms with E-state index in [9.17, 15) is 4.79 Å². The number of pyridine rings is 1. The third-order valence-corrected chi connectivity index (χ3v) is 5.80. The molecule has 1 aliphatic carbocycles. The van der Waals surface area contributed by atoms with Gasteiger partial charge in [-0.2, -0.15) is 4.98 Å². The summed E-state index contributed by atoms with van der Waals surface area (Å²) in [6, 6.07) is 5.76. The minimum absolute atomic E-state index is 0.00695. The lowest BCUT2D eigenvalue weighted by atomic mass is 9.73. The first-order valence-corrected chi connectivity index (χ1v) is 9.51. The van der Waals surface area contributed by atoms with Crippen molar-refractivity contribution in [2.45, 2.75) is 64.3 Å². The van der Waals surface area contributed by atoms with Gasteiger partial charge in [-0.05, 0) is 43.2 Å². The molecule has 0 bridgehead atoms. The number of amides is 1. The summed E-state index contributed by atoms with van der Waals surface area (Å²) in [5.41, 5.74) is 1.32. The topological polar surface area (TPSA) is 72.1 Å². The maximum atomic E-state index is 12.4. The van der Waals surface area contributed by atoms with Gasteiger partial charge >= 0.3 is 0 Å². The van der Waals surface area contributed by atoms with Crippen molar-refractivity contribution >= 4 is 5.91 Å². The van der Waals surface area contributed by atoms with Gasteiger partial charge in [0.05, 0.1) is 18.2 Å². The number of nitrogens with zero attached hydrogens (tertiary/aromatic N) is 4. The summed E-state index contributed by atoms with van der Waals surface area (Å²) in [5, 5.41) is 4.24. The molecule has 3 heterocycles. The van der Waals surface area contributed by atoms with Crippen LogP contribution >= 0.6 is 0 Å². The number of hydrogen-bond donors (Lipinski definition) is 0. The maximum absolute atomic E-state index is 12.4. The normalized spacial score (nSPS) is 23.5. The summed E-state index contributed by atoms with van der Waals surface area (Å²) in [6.45, 7) is 5.81. The number of aromatic nitrogens is 3. The van der Waals surface area contributed by atoms with Crippen LogP contribution in [-0.2, 0) is 11.3 Å². The Hall–Kier alpha value is -2.24. The van der Waals surface area contributed by atoms with Crippen LogP contribution in [-0.4, -0.2) is 32.5 Å². The molecule has 2 aliphatic rings. The van der Waals surface area contributed by atoms with Gasteiger partial charge in [0.2, 0.25) is 11.8 Å². The summed E-state index contributed by atoms with van der Waals surface area (Å²) in [7, 11) is 0. The molecule has 0 aromatic carbocycles. The molecular formula is C20H26N4O2. The van der Waals surface area contributed by atoms with E-state index in [2.05, 4.69) is 29.0 Å². The van der Waals surface area contributed by atoms with Gasteiger partial charge in [-0.3, -0.25) is 9.78 Å². The van der Waals surface area contributed by atoms with Crippen molar-refractivity contribution in [3.8, 4) is 0 Å². The number of carbonyl (C=O) groups excluding carboxylic acids is 1. The molecule has 1 saturated carbocycles. The van der Waals surface area contributed by atoms with E-state index in [1.807, 2.05) is 23.1 Å². The van der Waals surface area contributed by atoms with E-state index in [1.54, 1.807) is 6.20 Å². The average Bonchev–Trinajstić information content (AvgIpc) is 3.24. The molecule has 6 heteroatoms. The number of carbonyl (C=O) groups is 1. The Kier molecular flexibility index (Phi) is 4.51. The second kappa shape index (κ2) is 6.82. The SMILES string of the molecule is CC1(C)CCC(c2noc(C3CC(=O)N(Cc4ccccn4)C3)n2)CC1. The highest BCUT2D eigenvalue weighted by Crippen LogP contribution is 2.42. The Morgan fingerprint density at radius 3 is 2.77 bits per heavy atom. The predicted octanol–water partition coefficient (Wildman–Crippen LogP) is 3.66. The van der Waals surface area contributed by atoms with Gasteiger partial charge in [0, 0.05) is 25.1 Å². The van der Waals surface area contributed by atoms with Crippen molar-refractivity contribution in [3.63, 3.8) is 0 Å². The minimum atomic E-state index is -0.00695. The zero-order valence-electron chi connectivity index (χ0n) is 15.5. The molecule has 1 unspecified atom stereocenters. The van der Waals surface area contributed by atoms with Gasteiger partial charge in [0.25, 0.3) is 0 Å². The van der Waals surface area contributed by atoms with Crippen LogP contribution in [0.15, 0.2) is 28.9 Å². The molecular weight excluding hydrogens is 328 g/mol. The molecule has 1 aliphatic heterocycles. The number of rotatable bonds is 4. The predicted molar refractivity (Wildman–Crippen MR) is 96.3 cm³/mol. The molecule has 26 heavy (non-hydrogen) atoms. The Balaban J connectivity index is 1.40. The van der Waals surface area contributed by atoms with E-state index in [1.165, 1.54) is 12.8 Å². The fourth-order valence-corrected chi connectivity index (χ4v) is 4.01. The lowest BCUT2D eigenvalue weighted by molar-refractivity contribution is -0.128. The summed E-state index contributed by atoms with van der Waals surface area (Å²) in [6.07, 6.45) is 6.81. The molecule has 0 radical (unpaired) electrons. The second-order valence-corrected chi connectivity index (χ2v) is 8.43. The quantitative estimate of drug-likeness (QED) is 0.838. The first-order chi connectivity index (χ1) is 12.5. The van der Waals surface area contributed by atoms with Crippen LogP contribution in [0.2, 0.25) is 0 Å². The number of hydrogen-bond acceptors (Lipinski definition) is 5. The summed E-state index contributed by atoms with van der Waals surface area (Å²) in [4.78, 5) is 23.2. The summed E-state index contributed by atoms with van der Waals surface area (Å²) in [5.74, 6) is 1.95. The zero-order chi connectivity index (χ0) is 18.1. The van der Waals surface area contributed by atoms with Gasteiger partial charge in [-0.25, -0.2) is 0 Å². The summed E-state index contributed by atoms with van der Waals surface area (Å²) >= 11 is 0. The lowest BCUT2D eigenvalue weighted by Crippen LogP contribution is -2.24. The smallest absolute Gasteiger partial charge is 0.232 e. The van der Waals surface area contributed by atoms with Crippen LogP contribution in [0.25, 0.3) is 0 Å². The molecule has 1 saturated heterocycles. The molecule has 0 spiro atoms. The maximum Gasteiger partial charge on any atom is 0.232 e. The highest BCUT2D eigenvalue weighted by Gasteiger charge is 2.36. The largest absolute Gasteiger partial charge is 0.339 e. The van der Waals surface area contributed by atoms with Crippen LogP contribution in [0.1, 0.15) is 75.2 Å². The van der Waals surface area contributed by atoms with E-state index in [0.29, 0.717) is 36.7 Å². The van der Waals surface area contributed by atoms with E-state index in [0.717, 1.165) is 24.4 Å². The van der Waals surface area contributed by atoms with Crippen LogP contribution in [0.3, 0.4) is 0 Å². The minimum Gasteiger partial charge on any atom is -0.339 e. The van der Waals surface area contributed by atoms with Crippen molar-refractivity contribution in [2.75, 3.05) is 6.54 Å². The van der Waals surface area contributed by atoms with Crippen molar-refractivity contribution in [2.24, 2.45) is 5.41 Å². The van der Waals surface area contributed by atoms with E-state index in [-0.39, 0.29) is 11.8 Å². The Morgan fingerprint density at radius 1 is 1.23 bits per heavy atom. The second-order valence-electron chi connectivity index (χ2n) is 8.43. The zero-order valence-corrected chi connectivity index (χ0v) is 15.5. The lowest BCUT2D eigenvalue weighted by Gasteiger charge is -2.32. The van der Waals surface area contributed by atoms with Gasteiger partial charge in [-0.15, -0.1) is 0 Å². The highest BCUT2D eigenvalue weighted by atomic mass is 16.5. The Bertz CT molecular complexity index is 761. The molecule has 2 aromatic heterocycles. The van der Waals surface area contributed by atoms with Gasteiger partial charge < -0.3 is 9.42 Å². The molecule has 138 valence electrons. The molecule has 0 N–H and O–H groups in total. The van der Waals surface area contributed by atoms with Crippen LogP contribution < -0.4 is 0 Å². The first kappa shape index (κ1) is 17.2. The molecule has 6 nitrogen and oxygen atoms in total. The molecule has 2 aromatic rings. The monoisotopic (exact) mass is 354 g/mol. The summed E-state index contributed by atoms with van der Waals surface area (Å²) < 4.78 is 5.55. The van der Waals surface area contributed by atoms with Gasteiger partial charge in [0.1, 0.15) is 0 Å². The molecule has 4 rings (SSSR count). The van der Waals surface area contributed by atoms with Crippen LogP contribution in [0, 0.1) is 5.41 Å². The highest BCUT2D eigenvalue weighted by molar-refractivity contribution is 5.79. The van der Waals surface area contributed by atoms with Gasteiger partial charge in [-0.1, -0.05) is 25.1 Å². The van der Waals surface area contributed by atoms with Crippen molar-refractivity contribution < 1.29 is 9.32 Å². The first-order valence-electron chi connectivity index (χ1n) is 9.51. The standard InChI is InChI=1S/C20H26N4O2/c1-20(2)8-6-14(7-9-20)18-22-19(26-23-18)15-11-17(25)24(12-15)13-16-5-3-4-10-21-16/h3-5,10,14-15H,6-9,11-13H2,1-2H3. The van der Waals surface area contributed by atoms with Crippen molar-refractivity contribution in [1.82, 2.24) is 20.0 Å². The third-order valence-electron chi connectivity index (χ3n) is 5.80. The van der Waals surface area contributed by atoms with E-state index in [4.69, 9.17) is 4.52 Å². The molecule has 1 amide bonds. The van der Waals surface area contributed by atoms with Gasteiger partial charge in [0.15, 0.2) is 5.82 Å². The van der Waals surface area contributed by atoms with Crippen LogP contribution in [0.5, 0.6) is 0 Å².